The summed E-state index contributed by atoms with van der Waals surface area (Å²) < 4.78 is 14.4. The summed E-state index contributed by atoms with van der Waals surface area (Å²) in [4.78, 5) is 12.2. The van der Waals surface area contributed by atoms with Crippen LogP contribution in [0.1, 0.15) is 43.0 Å². The van der Waals surface area contributed by atoms with Gasteiger partial charge in [0.25, 0.3) is 0 Å². The first-order valence-corrected chi connectivity index (χ1v) is 6.90. The third kappa shape index (κ3) is 2.76. The summed E-state index contributed by atoms with van der Waals surface area (Å²) in [6.45, 7) is 2.15. The zero-order chi connectivity index (χ0) is 12.4. The lowest BCUT2D eigenvalue weighted by Gasteiger charge is -2.10. The van der Waals surface area contributed by atoms with Crippen LogP contribution in [-0.2, 0) is 0 Å². The fourth-order valence-corrected chi connectivity index (χ4v) is 2.95. The summed E-state index contributed by atoms with van der Waals surface area (Å²) in [5.74, 6) is 0.223. The van der Waals surface area contributed by atoms with Crippen molar-refractivity contribution in [3.05, 3.63) is 34.1 Å². The molecule has 2 atom stereocenters. The summed E-state index contributed by atoms with van der Waals surface area (Å²) in [6, 6.07) is 4.57. The van der Waals surface area contributed by atoms with Gasteiger partial charge in [-0.05, 0) is 43.4 Å². The van der Waals surface area contributed by atoms with Crippen molar-refractivity contribution in [2.24, 2.45) is 11.8 Å². The van der Waals surface area contributed by atoms with Crippen molar-refractivity contribution in [2.45, 2.75) is 32.6 Å². The molecule has 0 N–H and O–H groups in total. The van der Waals surface area contributed by atoms with Gasteiger partial charge >= 0.3 is 0 Å². The van der Waals surface area contributed by atoms with Crippen LogP contribution in [0.15, 0.2) is 22.7 Å². The molecular weight excluding hydrogens is 283 g/mol. The fraction of sp³-hybridized carbons (Fsp3) is 0.500. The number of benzene rings is 1. The minimum absolute atomic E-state index is 0.0174. The van der Waals surface area contributed by atoms with E-state index < -0.39 is 5.82 Å². The summed E-state index contributed by atoms with van der Waals surface area (Å²) in [5, 5.41) is 0. The molecule has 3 heteroatoms. The Bertz CT molecular complexity index is 430. The van der Waals surface area contributed by atoms with Crippen LogP contribution in [0.2, 0.25) is 0 Å². The van der Waals surface area contributed by atoms with Gasteiger partial charge in [-0.25, -0.2) is 4.39 Å². The Hall–Kier alpha value is -0.700. The number of hydrogen-bond donors (Lipinski definition) is 0. The number of rotatable bonds is 3. The summed E-state index contributed by atoms with van der Waals surface area (Å²) in [7, 11) is 0. The molecule has 0 aliphatic heterocycles. The largest absolute Gasteiger partial charge is 0.294 e. The molecule has 1 aromatic rings. The van der Waals surface area contributed by atoms with E-state index in [1.165, 1.54) is 6.07 Å². The van der Waals surface area contributed by atoms with Gasteiger partial charge in [-0.3, -0.25) is 4.79 Å². The highest BCUT2D eigenvalue weighted by atomic mass is 79.9. The first-order chi connectivity index (χ1) is 8.11. The second kappa shape index (κ2) is 5.30. The summed E-state index contributed by atoms with van der Waals surface area (Å²) in [5.41, 5.74) is 0.237. The molecule has 0 radical (unpaired) electrons. The van der Waals surface area contributed by atoms with Crippen molar-refractivity contribution in [1.82, 2.24) is 0 Å². The Morgan fingerprint density at radius 1 is 1.47 bits per heavy atom. The Morgan fingerprint density at radius 2 is 2.24 bits per heavy atom. The van der Waals surface area contributed by atoms with E-state index in [-0.39, 0.29) is 17.3 Å². The van der Waals surface area contributed by atoms with Crippen molar-refractivity contribution in [2.75, 3.05) is 0 Å². The van der Waals surface area contributed by atoms with Gasteiger partial charge in [0.2, 0.25) is 0 Å². The van der Waals surface area contributed by atoms with Gasteiger partial charge in [-0.2, -0.15) is 0 Å². The molecule has 0 amide bonds. The Morgan fingerprint density at radius 3 is 2.88 bits per heavy atom. The number of carbonyl (C=O) groups excluding carboxylic acids is 1. The molecule has 0 heterocycles. The third-order valence-corrected chi connectivity index (χ3v) is 4.18. The molecule has 1 aliphatic carbocycles. The lowest BCUT2D eigenvalue weighted by Crippen LogP contribution is -2.13. The second-order valence-electron chi connectivity index (χ2n) is 4.77. The zero-order valence-corrected chi connectivity index (χ0v) is 11.5. The standard InChI is InChI=1S/C14H16BrFO/c1-2-9-3-4-10(7-9)14(17)12-8-11(15)5-6-13(12)16/h5-6,8-10H,2-4,7H2,1H3. The molecule has 0 aromatic heterocycles. The molecule has 92 valence electrons. The van der Waals surface area contributed by atoms with Gasteiger partial charge in [-0.15, -0.1) is 0 Å². The molecule has 1 aliphatic rings. The molecule has 2 rings (SSSR count). The van der Waals surface area contributed by atoms with E-state index in [0.717, 1.165) is 30.2 Å². The van der Waals surface area contributed by atoms with Crippen LogP contribution in [0.25, 0.3) is 0 Å². The third-order valence-electron chi connectivity index (χ3n) is 3.68. The van der Waals surface area contributed by atoms with Crippen molar-refractivity contribution in [1.29, 1.82) is 0 Å². The summed E-state index contributed by atoms with van der Waals surface area (Å²) in [6.07, 6.45) is 4.04. The Kier molecular flexibility index (Phi) is 3.97. The maximum atomic E-state index is 13.6. The predicted octanol–water partition coefficient (Wildman–Crippen LogP) is 4.60. The molecule has 1 nitrogen and oxygen atoms in total. The van der Waals surface area contributed by atoms with Crippen LogP contribution in [0.5, 0.6) is 0 Å². The smallest absolute Gasteiger partial charge is 0.168 e. The normalized spacial score (nSPS) is 23.9. The Labute approximate surface area is 110 Å². The van der Waals surface area contributed by atoms with Crippen molar-refractivity contribution in [3.8, 4) is 0 Å². The van der Waals surface area contributed by atoms with Gasteiger partial charge in [0.05, 0.1) is 5.56 Å². The first-order valence-electron chi connectivity index (χ1n) is 6.11. The van der Waals surface area contributed by atoms with Gasteiger partial charge in [0.1, 0.15) is 5.82 Å². The zero-order valence-electron chi connectivity index (χ0n) is 9.88. The van der Waals surface area contributed by atoms with Crippen molar-refractivity contribution in [3.63, 3.8) is 0 Å². The van der Waals surface area contributed by atoms with Gasteiger partial charge in [-0.1, -0.05) is 29.3 Å². The molecule has 17 heavy (non-hydrogen) atoms. The highest BCUT2D eigenvalue weighted by molar-refractivity contribution is 9.10. The molecule has 0 bridgehead atoms. The van der Waals surface area contributed by atoms with Gasteiger partial charge in [0.15, 0.2) is 5.78 Å². The van der Waals surface area contributed by atoms with Crippen LogP contribution < -0.4 is 0 Å². The van der Waals surface area contributed by atoms with Crippen molar-refractivity contribution < 1.29 is 9.18 Å². The minimum atomic E-state index is -0.404. The SMILES string of the molecule is CCC1CCC(C(=O)c2cc(Br)ccc2F)C1. The maximum Gasteiger partial charge on any atom is 0.168 e. The average Bonchev–Trinajstić information content (AvgIpc) is 2.80. The fourth-order valence-electron chi connectivity index (χ4n) is 2.59. The number of carbonyl (C=O) groups is 1. The van der Waals surface area contributed by atoms with E-state index in [1.807, 2.05) is 0 Å². The monoisotopic (exact) mass is 298 g/mol. The van der Waals surface area contributed by atoms with Crippen LogP contribution in [0, 0.1) is 17.7 Å². The van der Waals surface area contributed by atoms with E-state index >= 15 is 0 Å². The maximum absolute atomic E-state index is 13.6. The molecule has 1 aromatic carbocycles. The van der Waals surface area contributed by atoms with E-state index in [2.05, 4.69) is 22.9 Å². The summed E-state index contributed by atoms with van der Waals surface area (Å²) >= 11 is 3.28. The molecular formula is C14H16BrFO. The minimum Gasteiger partial charge on any atom is -0.294 e. The first kappa shape index (κ1) is 12.7. The van der Waals surface area contributed by atoms with E-state index in [9.17, 15) is 9.18 Å². The molecule has 0 saturated heterocycles. The number of ketones is 1. The lowest BCUT2D eigenvalue weighted by atomic mass is 9.94. The Balaban J connectivity index is 2.17. The van der Waals surface area contributed by atoms with E-state index in [0.29, 0.717) is 5.92 Å². The highest BCUT2D eigenvalue weighted by Gasteiger charge is 2.30. The number of halogens is 2. The van der Waals surface area contributed by atoms with Crippen LogP contribution >= 0.6 is 15.9 Å². The van der Waals surface area contributed by atoms with E-state index in [1.54, 1.807) is 12.1 Å². The van der Waals surface area contributed by atoms with Crippen LogP contribution in [0.4, 0.5) is 4.39 Å². The average molecular weight is 299 g/mol. The second-order valence-corrected chi connectivity index (χ2v) is 5.69. The predicted molar refractivity (Wildman–Crippen MR) is 69.6 cm³/mol. The van der Waals surface area contributed by atoms with E-state index in [4.69, 9.17) is 0 Å². The lowest BCUT2D eigenvalue weighted by molar-refractivity contribution is 0.0915. The molecule has 1 saturated carbocycles. The van der Waals surface area contributed by atoms with Gasteiger partial charge < -0.3 is 0 Å². The van der Waals surface area contributed by atoms with Crippen molar-refractivity contribution >= 4 is 21.7 Å². The van der Waals surface area contributed by atoms with Gasteiger partial charge in [0, 0.05) is 10.4 Å². The molecule has 1 fully saturated rings. The molecule has 2 unspecified atom stereocenters. The van der Waals surface area contributed by atoms with Crippen LogP contribution in [0.3, 0.4) is 0 Å². The quantitative estimate of drug-likeness (QED) is 0.746. The number of Topliss-reactive ketones (excluding diaryl/α,β-unsaturated/α-hetero) is 1. The highest BCUT2D eigenvalue weighted by Crippen LogP contribution is 2.35. The number of hydrogen-bond acceptors (Lipinski definition) is 1. The topological polar surface area (TPSA) is 17.1 Å². The molecule has 0 spiro atoms. The van der Waals surface area contributed by atoms with Crippen LogP contribution in [-0.4, -0.2) is 5.78 Å².